The van der Waals surface area contributed by atoms with E-state index in [0.717, 1.165) is 34.2 Å². The molecule has 0 radical (unpaired) electrons. The molecule has 61 heavy (non-hydrogen) atoms. The molecule has 1 aliphatic rings. The second kappa shape index (κ2) is 20.2. The molecule has 1 saturated heterocycles. The molecule has 6 heteroatoms. The van der Waals surface area contributed by atoms with E-state index in [-0.39, 0.29) is 0 Å². The molecule has 0 spiro atoms. The second-order valence-electron chi connectivity index (χ2n) is 15.6. The van der Waals surface area contributed by atoms with Crippen molar-refractivity contribution in [3.8, 4) is 11.1 Å². The molecule has 0 saturated carbocycles. The zero-order chi connectivity index (χ0) is 41.1. The van der Waals surface area contributed by atoms with Crippen LogP contribution < -0.4 is 0 Å². The van der Waals surface area contributed by atoms with Crippen LogP contribution in [0.2, 0.25) is 0 Å². The van der Waals surface area contributed by atoms with Crippen molar-refractivity contribution in [2.45, 2.75) is 63.4 Å². The molecule has 8 aromatic rings. The van der Waals surface area contributed by atoms with Gasteiger partial charge < -0.3 is 23.7 Å². The zero-order valence-corrected chi connectivity index (χ0v) is 34.9. The topological polar surface area (TPSA) is 46.2 Å². The highest BCUT2D eigenvalue weighted by molar-refractivity contribution is 7.19. The summed E-state index contributed by atoms with van der Waals surface area (Å²) in [7, 11) is 0. The van der Waals surface area contributed by atoms with E-state index >= 15 is 0 Å². The number of ether oxygens (including phenoxy) is 5. The van der Waals surface area contributed by atoms with Crippen LogP contribution in [0.25, 0.3) is 21.2 Å². The lowest BCUT2D eigenvalue weighted by atomic mass is 9.87. The first-order valence-corrected chi connectivity index (χ1v) is 21.9. The number of fused-ring (bicyclic) bond motifs is 1. The summed E-state index contributed by atoms with van der Waals surface area (Å²) in [6, 6.07) is 69.6. The summed E-state index contributed by atoms with van der Waals surface area (Å²) in [5.41, 5.74) is 8.94. The molecule has 2 heterocycles. The molecule has 7 aromatic carbocycles. The van der Waals surface area contributed by atoms with E-state index in [9.17, 15) is 0 Å². The largest absolute Gasteiger partial charge is 0.374 e. The van der Waals surface area contributed by atoms with Crippen LogP contribution in [0.4, 0.5) is 0 Å². The summed E-state index contributed by atoms with van der Waals surface area (Å²) in [6.07, 6.45) is -1.77. The normalized spacial score (nSPS) is 18.9. The summed E-state index contributed by atoms with van der Waals surface area (Å²) in [6.45, 7) is 1.91. The highest BCUT2D eigenvalue weighted by Gasteiger charge is 2.49. The molecule has 0 N–H and O–H groups in total. The Labute approximate surface area is 363 Å². The maximum Gasteiger partial charge on any atom is 0.117 e. The molecule has 5 nitrogen and oxygen atoms in total. The van der Waals surface area contributed by atoms with Gasteiger partial charge in [-0.25, -0.2) is 0 Å². The van der Waals surface area contributed by atoms with Gasteiger partial charge >= 0.3 is 0 Å². The fourth-order valence-corrected chi connectivity index (χ4v) is 9.29. The molecule has 9 rings (SSSR count). The first kappa shape index (κ1) is 40.7. The Morgan fingerprint density at radius 1 is 0.459 bits per heavy atom. The summed E-state index contributed by atoms with van der Waals surface area (Å²) in [4.78, 5) is 1.31. The van der Waals surface area contributed by atoms with Gasteiger partial charge in [-0.05, 0) is 62.0 Å². The smallest absolute Gasteiger partial charge is 0.117 e. The van der Waals surface area contributed by atoms with Crippen molar-refractivity contribution in [1.82, 2.24) is 0 Å². The molecular formula is C55H50O5S. The van der Waals surface area contributed by atoms with Crippen LogP contribution in [0, 0.1) is 0 Å². The molecule has 0 amide bonds. The van der Waals surface area contributed by atoms with Crippen molar-refractivity contribution in [3.05, 3.63) is 238 Å². The Morgan fingerprint density at radius 2 is 0.967 bits per heavy atom. The van der Waals surface area contributed by atoms with Gasteiger partial charge in [-0.15, -0.1) is 11.3 Å². The minimum Gasteiger partial charge on any atom is -0.374 e. The van der Waals surface area contributed by atoms with Crippen LogP contribution in [-0.2, 0) is 56.5 Å². The van der Waals surface area contributed by atoms with Gasteiger partial charge in [0.15, 0.2) is 0 Å². The Balaban J connectivity index is 1.12. The van der Waals surface area contributed by atoms with Crippen molar-refractivity contribution >= 4 is 21.4 Å². The van der Waals surface area contributed by atoms with Crippen LogP contribution >= 0.6 is 11.3 Å². The van der Waals surface area contributed by atoms with Gasteiger partial charge in [0.1, 0.15) is 30.5 Å². The quantitative estimate of drug-likeness (QED) is 0.0915. The van der Waals surface area contributed by atoms with E-state index in [2.05, 4.69) is 127 Å². The Hall–Kier alpha value is -5.70. The lowest BCUT2D eigenvalue weighted by Gasteiger charge is -2.46. The molecule has 1 aliphatic heterocycles. The summed E-state index contributed by atoms with van der Waals surface area (Å²) < 4.78 is 36.3. The Kier molecular flexibility index (Phi) is 13.5. The molecule has 1 fully saturated rings. The summed E-state index contributed by atoms with van der Waals surface area (Å²) >= 11 is 1.85. The van der Waals surface area contributed by atoms with Gasteiger partial charge in [0.05, 0.1) is 33.0 Å². The third-order valence-corrected chi connectivity index (χ3v) is 12.4. The first-order chi connectivity index (χ1) is 30.2. The van der Waals surface area contributed by atoms with Gasteiger partial charge in [0.25, 0.3) is 0 Å². The van der Waals surface area contributed by atoms with Gasteiger partial charge in [-0.1, -0.05) is 188 Å². The van der Waals surface area contributed by atoms with E-state index in [4.69, 9.17) is 23.7 Å². The standard InChI is InChI=1S/C55H50O5S/c1-6-18-40(19-7-1)35-56-39-50-53(57-36-41-20-8-2-9-21-41)55(59-38-43-24-12-4-13-25-43)54(58-37-42-22-10-3-11-23-42)52(60-50)46-30-31-49(44-26-14-5-15-27-44)47(32-46)34-48-33-45-28-16-17-29-51(45)61-48/h1-33,50,52-55H,34-39H2/t50-,52?,53-,54+,55+/m1/s1. The van der Waals surface area contributed by atoms with Crippen LogP contribution in [0.1, 0.15) is 44.4 Å². The lowest BCUT2D eigenvalue weighted by Crippen LogP contribution is -2.58. The first-order valence-electron chi connectivity index (χ1n) is 21.1. The number of hydrogen-bond donors (Lipinski definition) is 0. The molecule has 306 valence electrons. The van der Waals surface area contributed by atoms with Crippen molar-refractivity contribution < 1.29 is 23.7 Å². The summed E-state index contributed by atoms with van der Waals surface area (Å²) in [5, 5.41) is 1.27. The number of benzene rings is 7. The molecule has 1 aromatic heterocycles. The van der Waals surface area contributed by atoms with Gasteiger partial charge in [-0.2, -0.15) is 0 Å². The number of hydrogen-bond acceptors (Lipinski definition) is 6. The van der Waals surface area contributed by atoms with Crippen molar-refractivity contribution in [1.29, 1.82) is 0 Å². The fraction of sp³-hybridized carbons (Fsp3) is 0.200. The molecule has 0 aliphatic carbocycles. The average Bonchev–Trinajstić information content (AvgIpc) is 3.74. The summed E-state index contributed by atoms with van der Waals surface area (Å²) in [5.74, 6) is 0. The van der Waals surface area contributed by atoms with Crippen LogP contribution in [0.3, 0.4) is 0 Å². The van der Waals surface area contributed by atoms with Crippen molar-refractivity contribution in [2.24, 2.45) is 0 Å². The van der Waals surface area contributed by atoms with Gasteiger partial charge in [0.2, 0.25) is 0 Å². The van der Waals surface area contributed by atoms with Crippen LogP contribution in [0.15, 0.2) is 200 Å². The fourth-order valence-electron chi connectivity index (χ4n) is 8.21. The predicted molar refractivity (Wildman–Crippen MR) is 245 cm³/mol. The third-order valence-electron chi connectivity index (χ3n) is 11.3. The zero-order valence-electron chi connectivity index (χ0n) is 34.1. The van der Waals surface area contributed by atoms with E-state index in [1.165, 1.54) is 31.7 Å². The van der Waals surface area contributed by atoms with Crippen molar-refractivity contribution in [3.63, 3.8) is 0 Å². The maximum atomic E-state index is 7.34. The van der Waals surface area contributed by atoms with E-state index in [0.29, 0.717) is 33.0 Å². The van der Waals surface area contributed by atoms with E-state index < -0.39 is 30.5 Å². The average molecular weight is 823 g/mol. The number of thiophene rings is 1. The Bertz CT molecular complexity index is 2510. The third kappa shape index (κ3) is 10.4. The van der Waals surface area contributed by atoms with Gasteiger partial charge in [-0.3, -0.25) is 0 Å². The second-order valence-corrected chi connectivity index (χ2v) is 16.8. The minimum atomic E-state index is -0.533. The lowest BCUT2D eigenvalue weighted by molar-refractivity contribution is -0.275. The molecule has 1 unspecified atom stereocenters. The number of rotatable bonds is 17. The van der Waals surface area contributed by atoms with Crippen molar-refractivity contribution in [2.75, 3.05) is 6.61 Å². The molecule has 5 atom stereocenters. The van der Waals surface area contributed by atoms with Gasteiger partial charge in [0, 0.05) is 16.0 Å². The monoisotopic (exact) mass is 822 g/mol. The van der Waals surface area contributed by atoms with E-state index in [1.807, 2.05) is 84.1 Å². The molecule has 0 bridgehead atoms. The highest BCUT2D eigenvalue weighted by atomic mass is 32.1. The minimum absolute atomic E-state index is 0.304. The predicted octanol–water partition coefficient (Wildman–Crippen LogP) is 12.6. The van der Waals surface area contributed by atoms with E-state index in [1.54, 1.807) is 0 Å². The SMILES string of the molecule is c1ccc(COC[C@H]2OC(c3ccc(-c4ccccc4)c(Cc4cc5ccccc5s4)c3)[C@H](OCc3ccccc3)[C@@H](OCc3ccccc3)[C@@H]2OCc2ccccc2)cc1. The highest BCUT2D eigenvalue weighted by Crippen LogP contribution is 2.41. The van der Waals surface area contributed by atoms with Crippen LogP contribution in [0.5, 0.6) is 0 Å². The molecular weight excluding hydrogens is 773 g/mol. The Morgan fingerprint density at radius 3 is 1.56 bits per heavy atom. The van der Waals surface area contributed by atoms with Crippen LogP contribution in [-0.4, -0.2) is 31.0 Å². The maximum absolute atomic E-state index is 7.34.